The zero-order valence-corrected chi connectivity index (χ0v) is 10.3. The second kappa shape index (κ2) is 6.89. The highest BCUT2D eigenvalue weighted by molar-refractivity contribution is 5.76. The van der Waals surface area contributed by atoms with Gasteiger partial charge in [-0.1, -0.05) is 26.0 Å². The summed E-state index contributed by atoms with van der Waals surface area (Å²) in [7, 11) is 0. The summed E-state index contributed by atoms with van der Waals surface area (Å²) in [6, 6.07) is 6.43. The first-order chi connectivity index (χ1) is 8.09. The van der Waals surface area contributed by atoms with Gasteiger partial charge in [-0.3, -0.25) is 4.79 Å². The molecule has 0 spiro atoms. The minimum Gasteiger partial charge on any atom is -0.382 e. The van der Waals surface area contributed by atoms with E-state index in [0.717, 1.165) is 0 Å². The lowest BCUT2D eigenvalue weighted by atomic mass is 10.2. The number of anilines is 1. The van der Waals surface area contributed by atoms with Crippen LogP contribution in [0.1, 0.15) is 20.3 Å². The average molecular weight is 238 g/mol. The molecule has 0 heterocycles. The molecule has 0 radical (unpaired) electrons. The van der Waals surface area contributed by atoms with E-state index in [1.54, 1.807) is 18.2 Å². The monoisotopic (exact) mass is 238 g/mol. The first kappa shape index (κ1) is 13.5. The number of amides is 1. The molecule has 0 aliphatic heterocycles. The van der Waals surface area contributed by atoms with E-state index in [1.807, 2.05) is 13.8 Å². The van der Waals surface area contributed by atoms with E-state index in [0.29, 0.717) is 31.1 Å². The third-order valence-electron chi connectivity index (χ3n) is 2.25. The molecule has 1 rings (SSSR count). The summed E-state index contributed by atoms with van der Waals surface area (Å²) in [5.41, 5.74) is 0.434. The summed E-state index contributed by atoms with van der Waals surface area (Å²) >= 11 is 0. The highest BCUT2D eigenvalue weighted by Gasteiger charge is 2.03. The number of hydrogen-bond acceptors (Lipinski definition) is 2. The van der Waals surface area contributed by atoms with Gasteiger partial charge in [-0.2, -0.15) is 0 Å². The molecule has 94 valence electrons. The Morgan fingerprint density at radius 2 is 2.06 bits per heavy atom. The number of carbonyl (C=O) groups excluding carboxylic acids is 1. The first-order valence-electron chi connectivity index (χ1n) is 5.84. The van der Waals surface area contributed by atoms with Crippen molar-refractivity contribution >= 4 is 11.6 Å². The molecule has 0 fully saturated rings. The standard InChI is InChI=1S/C13H19FN2O/c1-10(2)9-16-13(17)7-8-15-12-6-4-3-5-11(12)14/h3-6,10,15H,7-9H2,1-2H3,(H,16,17). The topological polar surface area (TPSA) is 41.1 Å². The smallest absolute Gasteiger partial charge is 0.221 e. The summed E-state index contributed by atoms with van der Waals surface area (Å²) in [6.07, 6.45) is 0.348. The van der Waals surface area contributed by atoms with Crippen LogP contribution in [0.2, 0.25) is 0 Å². The fourth-order valence-corrected chi connectivity index (χ4v) is 1.32. The van der Waals surface area contributed by atoms with Gasteiger partial charge in [-0.25, -0.2) is 4.39 Å². The number of benzene rings is 1. The van der Waals surface area contributed by atoms with Crippen LogP contribution in [-0.4, -0.2) is 19.0 Å². The van der Waals surface area contributed by atoms with E-state index < -0.39 is 0 Å². The first-order valence-corrected chi connectivity index (χ1v) is 5.84. The van der Waals surface area contributed by atoms with Crippen LogP contribution in [0.25, 0.3) is 0 Å². The predicted molar refractivity (Wildman–Crippen MR) is 67.4 cm³/mol. The predicted octanol–water partition coefficient (Wildman–Crippen LogP) is 2.40. The Kier molecular flexibility index (Phi) is 5.46. The van der Waals surface area contributed by atoms with Gasteiger partial charge in [0.2, 0.25) is 5.91 Å². The quantitative estimate of drug-likeness (QED) is 0.799. The van der Waals surface area contributed by atoms with Crippen LogP contribution in [0.5, 0.6) is 0 Å². The van der Waals surface area contributed by atoms with E-state index >= 15 is 0 Å². The van der Waals surface area contributed by atoms with Crippen LogP contribution in [0.15, 0.2) is 24.3 Å². The molecule has 0 aliphatic rings. The van der Waals surface area contributed by atoms with E-state index in [4.69, 9.17) is 0 Å². The summed E-state index contributed by atoms with van der Waals surface area (Å²) < 4.78 is 13.2. The van der Waals surface area contributed by atoms with Crippen LogP contribution in [0.3, 0.4) is 0 Å². The molecule has 0 unspecified atom stereocenters. The highest BCUT2D eigenvalue weighted by atomic mass is 19.1. The molecule has 1 amide bonds. The van der Waals surface area contributed by atoms with Gasteiger partial charge in [0.1, 0.15) is 5.82 Å². The van der Waals surface area contributed by atoms with E-state index in [-0.39, 0.29) is 11.7 Å². The molecule has 1 aromatic carbocycles. The van der Waals surface area contributed by atoms with Crippen molar-refractivity contribution in [1.29, 1.82) is 0 Å². The van der Waals surface area contributed by atoms with Gasteiger partial charge >= 0.3 is 0 Å². The van der Waals surface area contributed by atoms with Crippen molar-refractivity contribution in [3.05, 3.63) is 30.1 Å². The molecular formula is C13H19FN2O. The number of carbonyl (C=O) groups is 1. The van der Waals surface area contributed by atoms with Crippen molar-refractivity contribution in [3.63, 3.8) is 0 Å². The van der Waals surface area contributed by atoms with Crippen molar-refractivity contribution in [3.8, 4) is 0 Å². The highest BCUT2D eigenvalue weighted by Crippen LogP contribution is 2.11. The van der Waals surface area contributed by atoms with Crippen molar-refractivity contribution in [2.45, 2.75) is 20.3 Å². The van der Waals surface area contributed by atoms with Crippen LogP contribution in [-0.2, 0) is 4.79 Å². The Bertz CT molecular complexity index is 366. The van der Waals surface area contributed by atoms with Crippen molar-refractivity contribution in [1.82, 2.24) is 5.32 Å². The lowest BCUT2D eigenvalue weighted by molar-refractivity contribution is -0.120. The van der Waals surface area contributed by atoms with Crippen LogP contribution >= 0.6 is 0 Å². The third-order valence-corrected chi connectivity index (χ3v) is 2.25. The lowest BCUT2D eigenvalue weighted by Crippen LogP contribution is -2.28. The van der Waals surface area contributed by atoms with Gasteiger partial charge in [0.05, 0.1) is 5.69 Å². The average Bonchev–Trinajstić information content (AvgIpc) is 2.29. The summed E-state index contributed by atoms with van der Waals surface area (Å²) in [5, 5.41) is 5.71. The molecular weight excluding hydrogens is 219 g/mol. The van der Waals surface area contributed by atoms with Crippen LogP contribution in [0.4, 0.5) is 10.1 Å². The Labute approximate surface area is 101 Å². The number of nitrogens with one attached hydrogen (secondary N) is 2. The number of rotatable bonds is 6. The van der Waals surface area contributed by atoms with E-state index in [1.165, 1.54) is 6.07 Å². The van der Waals surface area contributed by atoms with E-state index in [9.17, 15) is 9.18 Å². The molecule has 0 atom stereocenters. The van der Waals surface area contributed by atoms with Crippen LogP contribution < -0.4 is 10.6 Å². The second-order valence-corrected chi connectivity index (χ2v) is 4.35. The Hall–Kier alpha value is -1.58. The largest absolute Gasteiger partial charge is 0.382 e. The van der Waals surface area contributed by atoms with Gasteiger partial charge in [-0.15, -0.1) is 0 Å². The van der Waals surface area contributed by atoms with Gasteiger partial charge in [-0.05, 0) is 18.1 Å². The minimum atomic E-state index is -0.296. The van der Waals surface area contributed by atoms with Crippen molar-refractivity contribution < 1.29 is 9.18 Å². The number of hydrogen-bond donors (Lipinski definition) is 2. The van der Waals surface area contributed by atoms with Gasteiger partial charge < -0.3 is 10.6 Å². The number of halogens is 1. The van der Waals surface area contributed by atoms with Crippen LogP contribution in [0, 0.1) is 11.7 Å². The third kappa shape index (κ3) is 5.33. The molecule has 0 aromatic heterocycles. The molecule has 0 saturated heterocycles. The summed E-state index contributed by atoms with van der Waals surface area (Å²) in [4.78, 5) is 11.4. The van der Waals surface area contributed by atoms with Crippen molar-refractivity contribution in [2.75, 3.05) is 18.4 Å². The molecule has 4 heteroatoms. The van der Waals surface area contributed by atoms with Gasteiger partial charge in [0, 0.05) is 19.5 Å². The fraction of sp³-hybridized carbons (Fsp3) is 0.462. The minimum absolute atomic E-state index is 0.0115. The molecule has 3 nitrogen and oxygen atoms in total. The maximum atomic E-state index is 13.2. The van der Waals surface area contributed by atoms with Gasteiger partial charge in [0.25, 0.3) is 0 Å². The maximum absolute atomic E-state index is 13.2. The Morgan fingerprint density at radius 3 is 2.71 bits per heavy atom. The normalized spacial score (nSPS) is 10.4. The number of para-hydroxylation sites is 1. The molecule has 17 heavy (non-hydrogen) atoms. The summed E-state index contributed by atoms with van der Waals surface area (Å²) in [5.74, 6) is 0.135. The lowest BCUT2D eigenvalue weighted by Gasteiger charge is -2.09. The van der Waals surface area contributed by atoms with Crippen molar-refractivity contribution in [2.24, 2.45) is 5.92 Å². The Balaban J connectivity index is 2.24. The fourth-order valence-electron chi connectivity index (χ4n) is 1.32. The van der Waals surface area contributed by atoms with E-state index in [2.05, 4.69) is 10.6 Å². The molecule has 1 aromatic rings. The van der Waals surface area contributed by atoms with Gasteiger partial charge in [0.15, 0.2) is 0 Å². The maximum Gasteiger partial charge on any atom is 0.221 e. The molecule has 0 bridgehead atoms. The zero-order valence-electron chi connectivity index (χ0n) is 10.3. The SMILES string of the molecule is CC(C)CNC(=O)CCNc1ccccc1F. The molecule has 0 saturated carbocycles. The zero-order chi connectivity index (χ0) is 12.7. The summed E-state index contributed by atoms with van der Waals surface area (Å²) in [6.45, 7) is 5.19. The second-order valence-electron chi connectivity index (χ2n) is 4.35. The molecule has 0 aliphatic carbocycles. The Morgan fingerprint density at radius 1 is 1.35 bits per heavy atom. The molecule has 2 N–H and O–H groups in total.